The maximum Gasteiger partial charge on any atom is 0.243 e. The first-order valence-corrected chi connectivity index (χ1v) is 7.33. The molecule has 0 bridgehead atoms. The minimum absolute atomic E-state index is 0.567. The summed E-state index contributed by atoms with van der Waals surface area (Å²) in [7, 11) is 4.23. The van der Waals surface area contributed by atoms with Gasteiger partial charge in [0.05, 0.1) is 20.7 Å². The Morgan fingerprint density at radius 1 is 0.952 bits per heavy atom. The first kappa shape index (κ1) is 14.3. The summed E-state index contributed by atoms with van der Waals surface area (Å²) < 4.78 is 6.43. The van der Waals surface area contributed by atoms with Crippen LogP contribution in [-0.4, -0.2) is 43.4 Å². The zero-order valence-corrected chi connectivity index (χ0v) is 12.6. The second-order valence-electron chi connectivity index (χ2n) is 6.39. The van der Waals surface area contributed by atoms with Gasteiger partial charge in [-0.3, -0.25) is 0 Å². The maximum atomic E-state index is 10.8. The number of benzene rings is 2. The smallest absolute Gasteiger partial charge is 0.243 e. The summed E-state index contributed by atoms with van der Waals surface area (Å²) >= 11 is 0. The van der Waals surface area contributed by atoms with Crippen molar-refractivity contribution in [3.05, 3.63) is 60.2 Å². The highest BCUT2D eigenvalue weighted by Gasteiger charge is 2.42. The largest absolute Gasteiger partial charge is 0.357 e. The monoisotopic (exact) mass is 284 g/mol. The Kier molecular flexibility index (Phi) is 3.57. The fourth-order valence-corrected chi connectivity index (χ4v) is 2.89. The van der Waals surface area contributed by atoms with Gasteiger partial charge in [0.2, 0.25) is 5.79 Å². The lowest BCUT2D eigenvalue weighted by Crippen LogP contribution is -2.57. The van der Waals surface area contributed by atoms with Crippen LogP contribution in [0.15, 0.2) is 54.6 Å². The van der Waals surface area contributed by atoms with Crippen LogP contribution in [0.3, 0.4) is 0 Å². The summed E-state index contributed by atoms with van der Waals surface area (Å²) in [6.45, 7) is 2.06. The Bertz CT molecular complexity index is 607. The number of ether oxygens (including phenoxy) is 1. The SMILES string of the molecule is C[N+]1(C)CCOC(O)(c2ccc(-c3ccccc3)cc2)C1. The molecule has 3 nitrogen and oxygen atoms in total. The summed E-state index contributed by atoms with van der Waals surface area (Å²) in [5.74, 6) is -1.18. The van der Waals surface area contributed by atoms with E-state index < -0.39 is 5.79 Å². The zero-order chi connectivity index (χ0) is 14.9. The molecule has 3 rings (SSSR count). The Labute approximate surface area is 126 Å². The first-order chi connectivity index (χ1) is 9.99. The van der Waals surface area contributed by atoms with Crippen molar-refractivity contribution in [2.45, 2.75) is 5.79 Å². The molecule has 0 aliphatic carbocycles. The highest BCUT2D eigenvalue weighted by atomic mass is 16.6. The molecule has 0 radical (unpaired) electrons. The second-order valence-corrected chi connectivity index (χ2v) is 6.39. The summed E-state index contributed by atoms with van der Waals surface area (Å²) in [6, 6.07) is 18.3. The van der Waals surface area contributed by atoms with Gasteiger partial charge in [0.1, 0.15) is 13.1 Å². The third kappa shape index (κ3) is 3.00. The van der Waals surface area contributed by atoms with E-state index in [9.17, 15) is 5.11 Å². The van der Waals surface area contributed by atoms with Crippen LogP contribution in [0.1, 0.15) is 5.56 Å². The van der Waals surface area contributed by atoms with Gasteiger partial charge in [0.15, 0.2) is 0 Å². The molecule has 2 aromatic rings. The molecule has 3 heteroatoms. The van der Waals surface area contributed by atoms with E-state index in [-0.39, 0.29) is 0 Å². The molecule has 1 N–H and O–H groups in total. The van der Waals surface area contributed by atoms with E-state index in [1.54, 1.807) is 0 Å². The molecule has 1 atom stereocenters. The first-order valence-electron chi connectivity index (χ1n) is 7.33. The van der Waals surface area contributed by atoms with E-state index in [1.165, 1.54) is 5.56 Å². The van der Waals surface area contributed by atoms with Crippen molar-refractivity contribution < 1.29 is 14.3 Å². The Morgan fingerprint density at radius 2 is 1.57 bits per heavy atom. The van der Waals surface area contributed by atoms with Crippen molar-refractivity contribution >= 4 is 0 Å². The highest BCUT2D eigenvalue weighted by Crippen LogP contribution is 2.30. The maximum absolute atomic E-state index is 10.8. The van der Waals surface area contributed by atoms with Crippen LogP contribution in [0.2, 0.25) is 0 Å². The Hall–Kier alpha value is -1.68. The normalized spacial score (nSPS) is 24.7. The van der Waals surface area contributed by atoms with E-state index in [1.807, 2.05) is 42.5 Å². The third-order valence-corrected chi connectivity index (χ3v) is 4.12. The quantitative estimate of drug-likeness (QED) is 0.859. The average Bonchev–Trinajstić information content (AvgIpc) is 2.47. The summed E-state index contributed by atoms with van der Waals surface area (Å²) in [5.41, 5.74) is 3.15. The van der Waals surface area contributed by atoms with Crippen LogP contribution < -0.4 is 0 Å². The van der Waals surface area contributed by atoms with Gasteiger partial charge in [-0.1, -0.05) is 54.6 Å². The van der Waals surface area contributed by atoms with E-state index in [2.05, 4.69) is 26.2 Å². The summed E-state index contributed by atoms with van der Waals surface area (Å²) in [4.78, 5) is 0. The Balaban J connectivity index is 1.87. The molecule has 1 saturated heterocycles. The highest BCUT2D eigenvalue weighted by molar-refractivity contribution is 5.63. The molecule has 1 heterocycles. The number of nitrogens with zero attached hydrogens (tertiary/aromatic N) is 1. The number of rotatable bonds is 2. The van der Waals surface area contributed by atoms with E-state index in [0.29, 0.717) is 13.2 Å². The van der Waals surface area contributed by atoms with Gasteiger partial charge < -0.3 is 14.3 Å². The summed E-state index contributed by atoms with van der Waals surface area (Å²) in [6.07, 6.45) is 0. The van der Waals surface area contributed by atoms with Crippen molar-refractivity contribution in [1.29, 1.82) is 0 Å². The molecule has 0 spiro atoms. The molecular weight excluding hydrogens is 262 g/mol. The van der Waals surface area contributed by atoms with Crippen LogP contribution in [-0.2, 0) is 10.5 Å². The van der Waals surface area contributed by atoms with Crippen LogP contribution in [0.4, 0.5) is 0 Å². The lowest BCUT2D eigenvalue weighted by Gasteiger charge is -2.42. The van der Waals surface area contributed by atoms with Crippen LogP contribution in [0.25, 0.3) is 11.1 Å². The predicted octanol–water partition coefficient (Wildman–Crippen LogP) is 2.61. The number of likely N-dealkylation sites (N-methyl/N-ethyl adjacent to an activating group) is 1. The minimum Gasteiger partial charge on any atom is -0.357 e. The summed E-state index contributed by atoms with van der Waals surface area (Å²) in [5, 5.41) is 10.8. The van der Waals surface area contributed by atoms with Gasteiger partial charge in [-0.25, -0.2) is 0 Å². The standard InChI is InChI=1S/C18H22NO2/c1-19(2)12-13-21-18(20,14-19)17-10-8-16(9-11-17)15-6-4-3-5-7-15/h3-11,20H,12-14H2,1-2H3/q+1. The van der Waals surface area contributed by atoms with Crippen LogP contribution >= 0.6 is 0 Å². The van der Waals surface area contributed by atoms with Crippen molar-refractivity contribution in [1.82, 2.24) is 0 Å². The molecule has 1 unspecified atom stereocenters. The molecule has 0 saturated carbocycles. The van der Waals surface area contributed by atoms with Crippen molar-refractivity contribution in [3.8, 4) is 11.1 Å². The van der Waals surface area contributed by atoms with Crippen molar-refractivity contribution in [2.24, 2.45) is 0 Å². The fraction of sp³-hybridized carbons (Fsp3) is 0.333. The number of quaternary nitrogens is 1. The minimum atomic E-state index is -1.18. The third-order valence-electron chi connectivity index (χ3n) is 4.12. The number of hydrogen-bond donors (Lipinski definition) is 1. The van der Waals surface area contributed by atoms with Gasteiger partial charge in [-0.2, -0.15) is 0 Å². The number of hydrogen-bond acceptors (Lipinski definition) is 2. The number of aliphatic hydroxyl groups is 1. The van der Waals surface area contributed by atoms with Crippen LogP contribution in [0.5, 0.6) is 0 Å². The van der Waals surface area contributed by atoms with Gasteiger partial charge in [-0.05, 0) is 11.1 Å². The molecule has 1 aliphatic rings. The average molecular weight is 284 g/mol. The Morgan fingerprint density at radius 3 is 2.19 bits per heavy atom. The predicted molar refractivity (Wildman–Crippen MR) is 83.6 cm³/mol. The molecule has 110 valence electrons. The molecule has 2 aromatic carbocycles. The molecule has 0 aromatic heterocycles. The van der Waals surface area contributed by atoms with E-state index in [0.717, 1.165) is 22.2 Å². The van der Waals surface area contributed by atoms with E-state index >= 15 is 0 Å². The zero-order valence-electron chi connectivity index (χ0n) is 12.6. The van der Waals surface area contributed by atoms with Crippen LogP contribution in [0, 0.1) is 0 Å². The van der Waals surface area contributed by atoms with E-state index in [4.69, 9.17) is 4.74 Å². The van der Waals surface area contributed by atoms with Gasteiger partial charge >= 0.3 is 0 Å². The molecule has 0 amide bonds. The van der Waals surface area contributed by atoms with Gasteiger partial charge in [-0.15, -0.1) is 0 Å². The topological polar surface area (TPSA) is 29.5 Å². The lowest BCUT2D eigenvalue weighted by atomic mass is 9.98. The van der Waals surface area contributed by atoms with Gasteiger partial charge in [0.25, 0.3) is 0 Å². The van der Waals surface area contributed by atoms with Gasteiger partial charge in [0, 0.05) is 5.56 Å². The molecule has 1 aliphatic heterocycles. The van der Waals surface area contributed by atoms with Crippen molar-refractivity contribution in [2.75, 3.05) is 33.8 Å². The number of morpholine rings is 1. The molecular formula is C18H22NO2+. The molecule has 21 heavy (non-hydrogen) atoms. The molecule has 1 fully saturated rings. The fourth-order valence-electron chi connectivity index (χ4n) is 2.89. The second kappa shape index (κ2) is 5.26. The lowest BCUT2D eigenvalue weighted by molar-refractivity contribution is -0.912. The van der Waals surface area contributed by atoms with Crippen molar-refractivity contribution in [3.63, 3.8) is 0 Å².